The molecule has 7 heteroatoms. The van der Waals surface area contributed by atoms with Gasteiger partial charge >= 0.3 is 5.97 Å². The molecule has 0 fully saturated rings. The first-order valence-corrected chi connectivity index (χ1v) is 8.97. The topological polar surface area (TPSA) is 79.5 Å². The molecule has 0 aliphatic rings. The fraction of sp³-hybridized carbons (Fsp3) is 0.0435. The lowest BCUT2D eigenvalue weighted by molar-refractivity contribution is 0.0691. The maximum absolute atomic E-state index is 13.7. The van der Waals surface area contributed by atoms with Crippen LogP contribution in [0, 0.1) is 11.6 Å². The van der Waals surface area contributed by atoms with Crippen LogP contribution in [0.15, 0.2) is 65.1 Å². The molecule has 2 N–H and O–H groups in total. The van der Waals surface area contributed by atoms with Crippen LogP contribution >= 0.6 is 0 Å². The molecule has 3 aromatic carbocycles. The summed E-state index contributed by atoms with van der Waals surface area (Å²) >= 11 is 0. The summed E-state index contributed by atoms with van der Waals surface area (Å²) in [6.07, 6.45) is 0. The zero-order valence-electron chi connectivity index (χ0n) is 15.7. The van der Waals surface area contributed by atoms with Crippen molar-refractivity contribution in [2.24, 2.45) is 0 Å². The predicted octanol–water partition coefficient (Wildman–Crippen LogP) is 5.10. The lowest BCUT2D eigenvalue weighted by Gasteiger charge is -2.05. The van der Waals surface area contributed by atoms with Crippen molar-refractivity contribution in [1.29, 1.82) is 0 Å². The summed E-state index contributed by atoms with van der Waals surface area (Å²) in [6.45, 7) is 0. The maximum atomic E-state index is 13.7. The quantitative estimate of drug-likeness (QED) is 0.493. The number of nitrogens with one attached hydrogen (secondary N) is 1. The average molecular weight is 407 g/mol. The van der Waals surface area contributed by atoms with Crippen molar-refractivity contribution in [2.45, 2.75) is 0 Å². The van der Waals surface area contributed by atoms with Gasteiger partial charge in [-0.3, -0.25) is 4.79 Å². The summed E-state index contributed by atoms with van der Waals surface area (Å²) in [7, 11) is 1.48. The molecule has 0 radical (unpaired) electrons. The van der Waals surface area contributed by atoms with Crippen molar-refractivity contribution in [2.75, 3.05) is 7.05 Å². The highest BCUT2D eigenvalue weighted by molar-refractivity contribution is 6.11. The van der Waals surface area contributed by atoms with Gasteiger partial charge in [0.2, 0.25) is 0 Å². The van der Waals surface area contributed by atoms with E-state index < -0.39 is 29.1 Å². The molecule has 0 spiro atoms. The van der Waals surface area contributed by atoms with Gasteiger partial charge in [-0.15, -0.1) is 0 Å². The van der Waals surface area contributed by atoms with Crippen LogP contribution in [0.25, 0.3) is 33.4 Å². The summed E-state index contributed by atoms with van der Waals surface area (Å²) in [5.74, 6) is -2.73. The molecule has 1 aromatic heterocycles. The van der Waals surface area contributed by atoms with Crippen LogP contribution in [0.1, 0.15) is 20.7 Å². The Balaban J connectivity index is 1.92. The Morgan fingerprint density at radius 3 is 2.20 bits per heavy atom. The van der Waals surface area contributed by atoms with Gasteiger partial charge in [-0.05, 0) is 59.7 Å². The van der Waals surface area contributed by atoms with Gasteiger partial charge in [-0.1, -0.05) is 12.1 Å². The fourth-order valence-electron chi connectivity index (χ4n) is 3.30. The molecule has 1 amide bonds. The average Bonchev–Trinajstić information content (AvgIpc) is 3.12. The minimum absolute atomic E-state index is 0.265. The molecule has 4 aromatic rings. The van der Waals surface area contributed by atoms with Crippen LogP contribution in [0.4, 0.5) is 8.78 Å². The Labute approximate surface area is 169 Å². The van der Waals surface area contributed by atoms with Gasteiger partial charge in [0.15, 0.2) is 0 Å². The molecule has 4 rings (SSSR count). The van der Waals surface area contributed by atoms with E-state index in [9.17, 15) is 23.5 Å². The number of carboxylic acids is 1. The third-order valence-electron chi connectivity index (χ3n) is 4.78. The van der Waals surface area contributed by atoms with Crippen LogP contribution in [-0.4, -0.2) is 24.0 Å². The maximum Gasteiger partial charge on any atom is 0.338 e. The first kappa shape index (κ1) is 19.3. The van der Waals surface area contributed by atoms with Crippen LogP contribution < -0.4 is 5.32 Å². The van der Waals surface area contributed by atoms with E-state index in [2.05, 4.69) is 5.32 Å². The van der Waals surface area contributed by atoms with Crippen molar-refractivity contribution in [3.63, 3.8) is 0 Å². The SMILES string of the molecule is CNC(=O)c1c(-c2ccc(F)cc2)oc2ccc(-c3ccc(F)c(C(=O)O)c3)cc12. The Morgan fingerprint density at radius 2 is 1.53 bits per heavy atom. The number of furan rings is 1. The van der Waals surface area contributed by atoms with E-state index in [1.165, 1.54) is 43.4 Å². The van der Waals surface area contributed by atoms with Crippen molar-refractivity contribution in [1.82, 2.24) is 5.32 Å². The standard InChI is InChI=1S/C23H15F2NO4/c1-26-22(27)20-17-11-14(13-4-8-18(25)16(10-13)23(28)29)5-9-19(17)30-21(20)12-2-6-15(24)7-3-12/h2-11H,1H3,(H,26,27)(H,28,29). The molecule has 0 aliphatic heterocycles. The minimum Gasteiger partial charge on any atom is -0.478 e. The molecule has 0 unspecified atom stereocenters. The number of carbonyl (C=O) groups is 2. The number of aromatic carboxylic acids is 1. The highest BCUT2D eigenvalue weighted by Crippen LogP contribution is 2.36. The number of carboxylic acid groups (broad SMARTS) is 1. The number of benzene rings is 3. The second kappa shape index (κ2) is 7.44. The largest absolute Gasteiger partial charge is 0.478 e. The lowest BCUT2D eigenvalue weighted by Crippen LogP contribution is -2.18. The van der Waals surface area contributed by atoms with E-state index in [0.717, 1.165) is 6.07 Å². The number of amides is 1. The Bertz CT molecular complexity index is 1290. The molecule has 0 saturated carbocycles. The number of rotatable bonds is 4. The number of fused-ring (bicyclic) bond motifs is 1. The van der Waals surface area contributed by atoms with Crippen molar-refractivity contribution >= 4 is 22.8 Å². The van der Waals surface area contributed by atoms with Gasteiger partial charge in [-0.2, -0.15) is 0 Å². The van der Waals surface area contributed by atoms with Gasteiger partial charge in [0.1, 0.15) is 23.0 Å². The van der Waals surface area contributed by atoms with Crippen molar-refractivity contribution in [3.05, 3.63) is 83.4 Å². The van der Waals surface area contributed by atoms with E-state index in [-0.39, 0.29) is 11.3 Å². The number of hydrogen-bond donors (Lipinski definition) is 2. The van der Waals surface area contributed by atoms with Gasteiger partial charge < -0.3 is 14.8 Å². The Morgan fingerprint density at radius 1 is 0.900 bits per heavy atom. The first-order valence-electron chi connectivity index (χ1n) is 8.97. The molecule has 0 atom stereocenters. The second-order valence-corrected chi connectivity index (χ2v) is 6.60. The van der Waals surface area contributed by atoms with Crippen LogP contribution in [0.2, 0.25) is 0 Å². The summed E-state index contributed by atoms with van der Waals surface area (Å²) in [5.41, 5.74) is 1.84. The second-order valence-electron chi connectivity index (χ2n) is 6.60. The van der Waals surface area contributed by atoms with E-state index in [0.29, 0.717) is 27.7 Å². The van der Waals surface area contributed by atoms with E-state index in [1.54, 1.807) is 18.2 Å². The number of carbonyl (C=O) groups excluding carboxylic acids is 1. The van der Waals surface area contributed by atoms with E-state index in [1.807, 2.05) is 0 Å². The van der Waals surface area contributed by atoms with Gasteiger partial charge in [0, 0.05) is 18.0 Å². The predicted molar refractivity (Wildman–Crippen MR) is 107 cm³/mol. The summed E-state index contributed by atoms with van der Waals surface area (Å²) in [6, 6.07) is 14.4. The molecule has 1 heterocycles. The van der Waals surface area contributed by atoms with Crippen LogP contribution in [0.3, 0.4) is 0 Å². The van der Waals surface area contributed by atoms with E-state index >= 15 is 0 Å². The number of hydrogen-bond acceptors (Lipinski definition) is 3. The monoisotopic (exact) mass is 407 g/mol. The molecule has 30 heavy (non-hydrogen) atoms. The lowest BCUT2D eigenvalue weighted by atomic mass is 9.99. The number of halogens is 2. The normalized spacial score (nSPS) is 10.9. The minimum atomic E-state index is -1.37. The van der Waals surface area contributed by atoms with E-state index in [4.69, 9.17) is 4.42 Å². The molecule has 0 saturated heterocycles. The zero-order valence-corrected chi connectivity index (χ0v) is 15.7. The third-order valence-corrected chi connectivity index (χ3v) is 4.78. The van der Waals surface area contributed by atoms with Gasteiger partial charge in [0.05, 0.1) is 11.1 Å². The molecule has 0 bridgehead atoms. The smallest absolute Gasteiger partial charge is 0.338 e. The van der Waals surface area contributed by atoms with Crippen LogP contribution in [0.5, 0.6) is 0 Å². The fourth-order valence-corrected chi connectivity index (χ4v) is 3.30. The summed E-state index contributed by atoms with van der Waals surface area (Å²) < 4.78 is 32.9. The Kier molecular flexibility index (Phi) is 4.79. The summed E-state index contributed by atoms with van der Waals surface area (Å²) in [4.78, 5) is 23.9. The molecule has 5 nitrogen and oxygen atoms in total. The van der Waals surface area contributed by atoms with Crippen LogP contribution in [-0.2, 0) is 0 Å². The molecule has 0 aliphatic carbocycles. The van der Waals surface area contributed by atoms with Gasteiger partial charge in [-0.25, -0.2) is 13.6 Å². The molecular weight excluding hydrogens is 392 g/mol. The van der Waals surface area contributed by atoms with Crippen molar-refractivity contribution < 1.29 is 27.9 Å². The Hall–Kier alpha value is -4.00. The highest BCUT2D eigenvalue weighted by Gasteiger charge is 2.22. The highest BCUT2D eigenvalue weighted by atomic mass is 19.1. The van der Waals surface area contributed by atoms with Crippen molar-refractivity contribution in [3.8, 4) is 22.5 Å². The molecular formula is C23H15F2NO4. The van der Waals surface area contributed by atoms with Gasteiger partial charge in [0.25, 0.3) is 5.91 Å². The summed E-state index contributed by atoms with van der Waals surface area (Å²) in [5, 5.41) is 12.2. The molecule has 150 valence electrons. The zero-order chi connectivity index (χ0) is 21.4. The third kappa shape index (κ3) is 3.30. The first-order chi connectivity index (χ1) is 14.4.